The van der Waals surface area contributed by atoms with Crippen molar-refractivity contribution in [3.63, 3.8) is 0 Å². The summed E-state index contributed by atoms with van der Waals surface area (Å²) in [6.45, 7) is 0. The maximum atomic E-state index is 11.1. The summed E-state index contributed by atoms with van der Waals surface area (Å²) >= 11 is 1.18. The topological polar surface area (TPSA) is 139 Å². The van der Waals surface area contributed by atoms with E-state index in [4.69, 9.17) is 10.2 Å². The second kappa shape index (κ2) is 5.61. The van der Waals surface area contributed by atoms with E-state index in [2.05, 4.69) is 15.4 Å². The van der Waals surface area contributed by atoms with Gasteiger partial charge in [-0.05, 0) is 17.7 Å². The summed E-state index contributed by atoms with van der Waals surface area (Å²) in [5.41, 5.74) is 0.665. The number of aromatic nitrogens is 3. The van der Waals surface area contributed by atoms with Gasteiger partial charge >= 0.3 is 5.97 Å². The van der Waals surface area contributed by atoms with Crippen molar-refractivity contribution in [1.29, 1.82) is 0 Å². The van der Waals surface area contributed by atoms with Crippen LogP contribution in [0.15, 0.2) is 34.2 Å². The van der Waals surface area contributed by atoms with Crippen molar-refractivity contribution in [3.05, 3.63) is 35.5 Å². The zero-order chi connectivity index (χ0) is 14.8. The third-order valence-electron chi connectivity index (χ3n) is 2.35. The molecule has 0 aliphatic carbocycles. The highest BCUT2D eigenvalue weighted by Crippen LogP contribution is 2.23. The number of aromatic carboxylic acids is 1. The predicted molar refractivity (Wildman–Crippen MR) is 70.7 cm³/mol. The second-order valence-electron chi connectivity index (χ2n) is 3.76. The number of thioether (sulfide) groups is 1. The number of H-pyrrole nitrogens is 1. The number of carbonyl (C=O) groups is 1. The SMILES string of the molecule is NS(=O)(=O)c1ccc(CSc2n[nH]nc2C(=O)O)cc1. The zero-order valence-corrected chi connectivity index (χ0v) is 11.6. The lowest BCUT2D eigenvalue weighted by Crippen LogP contribution is -2.11. The molecular formula is C10H10N4O4S2. The number of hydrogen-bond donors (Lipinski definition) is 3. The average molecular weight is 314 g/mol. The summed E-state index contributed by atoms with van der Waals surface area (Å²) in [7, 11) is -3.71. The van der Waals surface area contributed by atoms with Crippen LogP contribution in [0, 0.1) is 0 Å². The molecule has 106 valence electrons. The lowest BCUT2D eigenvalue weighted by molar-refractivity contribution is 0.0686. The molecule has 20 heavy (non-hydrogen) atoms. The van der Waals surface area contributed by atoms with E-state index in [1.54, 1.807) is 12.1 Å². The van der Waals surface area contributed by atoms with Crippen molar-refractivity contribution in [1.82, 2.24) is 15.4 Å². The van der Waals surface area contributed by atoms with Crippen molar-refractivity contribution < 1.29 is 18.3 Å². The third kappa shape index (κ3) is 3.35. The van der Waals surface area contributed by atoms with E-state index in [9.17, 15) is 13.2 Å². The van der Waals surface area contributed by atoms with Crippen LogP contribution in [0.3, 0.4) is 0 Å². The van der Waals surface area contributed by atoms with Gasteiger partial charge in [-0.1, -0.05) is 23.9 Å². The Kier molecular flexibility index (Phi) is 4.06. The molecule has 1 aromatic carbocycles. The van der Waals surface area contributed by atoms with Crippen molar-refractivity contribution >= 4 is 27.8 Å². The Morgan fingerprint density at radius 1 is 1.30 bits per heavy atom. The Morgan fingerprint density at radius 2 is 1.95 bits per heavy atom. The van der Waals surface area contributed by atoms with Gasteiger partial charge in [0.15, 0.2) is 5.03 Å². The molecule has 0 saturated carbocycles. The summed E-state index contributed by atoms with van der Waals surface area (Å²) in [4.78, 5) is 10.9. The highest BCUT2D eigenvalue weighted by atomic mass is 32.2. The molecule has 4 N–H and O–H groups in total. The molecule has 0 fully saturated rings. The van der Waals surface area contributed by atoms with E-state index in [0.29, 0.717) is 5.75 Å². The van der Waals surface area contributed by atoms with Gasteiger partial charge in [-0.25, -0.2) is 18.4 Å². The Balaban J connectivity index is 2.08. The molecule has 0 amide bonds. The van der Waals surface area contributed by atoms with Gasteiger partial charge in [0.05, 0.1) is 4.90 Å². The average Bonchev–Trinajstić information content (AvgIpc) is 2.84. The molecule has 0 atom stereocenters. The van der Waals surface area contributed by atoms with Gasteiger partial charge in [0.25, 0.3) is 0 Å². The van der Waals surface area contributed by atoms with Crippen molar-refractivity contribution in [2.75, 3.05) is 0 Å². The molecule has 0 saturated heterocycles. The summed E-state index contributed by atoms with van der Waals surface area (Å²) in [6.07, 6.45) is 0. The number of primary sulfonamides is 1. The van der Waals surface area contributed by atoms with Gasteiger partial charge in [-0.2, -0.15) is 5.21 Å². The fourth-order valence-corrected chi connectivity index (χ4v) is 2.77. The number of benzene rings is 1. The van der Waals surface area contributed by atoms with Crippen molar-refractivity contribution in [2.45, 2.75) is 15.7 Å². The Hall–Kier alpha value is -1.91. The number of aromatic amines is 1. The van der Waals surface area contributed by atoms with Crippen LogP contribution in [0.4, 0.5) is 0 Å². The molecule has 0 aliphatic rings. The van der Waals surface area contributed by atoms with Crippen LogP contribution in [0.5, 0.6) is 0 Å². The zero-order valence-electron chi connectivity index (χ0n) is 9.98. The van der Waals surface area contributed by atoms with Gasteiger partial charge in [0.2, 0.25) is 15.7 Å². The molecule has 2 rings (SSSR count). The van der Waals surface area contributed by atoms with Gasteiger partial charge in [-0.15, -0.1) is 10.2 Å². The van der Waals surface area contributed by atoms with Gasteiger partial charge < -0.3 is 5.11 Å². The first-order valence-corrected chi connectivity index (χ1v) is 7.79. The molecule has 0 spiro atoms. The molecule has 0 bridgehead atoms. The molecular weight excluding hydrogens is 304 g/mol. The van der Waals surface area contributed by atoms with E-state index in [0.717, 1.165) is 5.56 Å². The summed E-state index contributed by atoms with van der Waals surface area (Å²) in [5, 5.41) is 23.6. The minimum Gasteiger partial charge on any atom is -0.476 e. The highest BCUT2D eigenvalue weighted by molar-refractivity contribution is 7.98. The first kappa shape index (κ1) is 14.5. The number of nitrogens with zero attached hydrogens (tertiary/aromatic N) is 2. The second-order valence-corrected chi connectivity index (χ2v) is 6.29. The largest absolute Gasteiger partial charge is 0.476 e. The molecule has 10 heteroatoms. The number of carboxylic acids is 1. The standard InChI is InChI=1S/C10H10N4O4S2/c11-20(17,18)7-3-1-6(2-4-7)5-19-9-8(10(15)16)12-14-13-9/h1-4H,5H2,(H,15,16)(H2,11,17,18)(H,12,13,14). The Labute approximate surface area is 118 Å². The molecule has 0 unspecified atom stereocenters. The Morgan fingerprint density at radius 3 is 2.50 bits per heavy atom. The van der Waals surface area contributed by atoms with E-state index in [1.165, 1.54) is 23.9 Å². The van der Waals surface area contributed by atoms with Gasteiger partial charge in [0.1, 0.15) is 0 Å². The normalized spacial score (nSPS) is 11.4. The minimum absolute atomic E-state index is 0.0268. The van der Waals surface area contributed by atoms with E-state index >= 15 is 0 Å². The van der Waals surface area contributed by atoms with Crippen LogP contribution >= 0.6 is 11.8 Å². The molecule has 2 aromatic rings. The summed E-state index contributed by atoms with van der Waals surface area (Å²) < 4.78 is 22.2. The van der Waals surface area contributed by atoms with Crippen LogP contribution in [-0.2, 0) is 15.8 Å². The fraction of sp³-hybridized carbons (Fsp3) is 0.100. The first-order valence-electron chi connectivity index (χ1n) is 5.26. The number of rotatable bonds is 5. The summed E-state index contributed by atoms with van der Waals surface area (Å²) in [6, 6.07) is 6.00. The summed E-state index contributed by atoms with van der Waals surface area (Å²) in [5.74, 6) is -0.733. The van der Waals surface area contributed by atoms with Crippen LogP contribution in [0.1, 0.15) is 16.1 Å². The number of nitrogens with one attached hydrogen (secondary N) is 1. The predicted octanol–water partition coefficient (Wildman–Crippen LogP) is 0.443. The Bertz CT molecular complexity index is 724. The first-order chi connectivity index (χ1) is 9.38. The maximum Gasteiger partial charge on any atom is 0.359 e. The molecule has 0 radical (unpaired) electrons. The van der Waals surface area contributed by atoms with Crippen LogP contribution in [-0.4, -0.2) is 34.9 Å². The van der Waals surface area contributed by atoms with E-state index < -0.39 is 16.0 Å². The smallest absolute Gasteiger partial charge is 0.359 e. The van der Waals surface area contributed by atoms with Gasteiger partial charge in [0, 0.05) is 5.75 Å². The number of hydrogen-bond acceptors (Lipinski definition) is 6. The van der Waals surface area contributed by atoms with Crippen molar-refractivity contribution in [3.8, 4) is 0 Å². The van der Waals surface area contributed by atoms with E-state index in [1.807, 2.05) is 0 Å². The van der Waals surface area contributed by atoms with Gasteiger partial charge in [-0.3, -0.25) is 0 Å². The number of sulfonamides is 1. The number of carboxylic acid groups (broad SMARTS) is 1. The lowest BCUT2D eigenvalue weighted by Gasteiger charge is -2.02. The van der Waals surface area contributed by atoms with Crippen LogP contribution in [0.2, 0.25) is 0 Å². The molecule has 1 aromatic heterocycles. The molecule has 1 heterocycles. The third-order valence-corrected chi connectivity index (χ3v) is 4.31. The fourth-order valence-electron chi connectivity index (χ4n) is 1.39. The monoisotopic (exact) mass is 314 g/mol. The van der Waals surface area contributed by atoms with Crippen LogP contribution < -0.4 is 5.14 Å². The minimum atomic E-state index is -3.71. The molecule has 8 nitrogen and oxygen atoms in total. The van der Waals surface area contributed by atoms with Crippen molar-refractivity contribution in [2.24, 2.45) is 5.14 Å². The maximum absolute atomic E-state index is 11.1. The quantitative estimate of drug-likeness (QED) is 0.680. The number of nitrogens with two attached hydrogens (primary N) is 1. The molecule has 0 aliphatic heterocycles. The highest BCUT2D eigenvalue weighted by Gasteiger charge is 2.15. The van der Waals surface area contributed by atoms with E-state index in [-0.39, 0.29) is 15.6 Å². The van der Waals surface area contributed by atoms with Crippen LogP contribution in [0.25, 0.3) is 0 Å². The lowest BCUT2D eigenvalue weighted by atomic mass is 10.2.